The quantitative estimate of drug-likeness (QED) is 0.240. The van der Waals surface area contributed by atoms with Crippen molar-refractivity contribution >= 4 is 0 Å². The molecule has 0 bridgehead atoms. The van der Waals surface area contributed by atoms with Gasteiger partial charge in [-0.2, -0.15) is 0 Å². The molecular weight excluding hydrogens is 454 g/mol. The van der Waals surface area contributed by atoms with Crippen LogP contribution in [0, 0.1) is 0 Å². The Morgan fingerprint density at radius 2 is 1.16 bits per heavy atom. The van der Waals surface area contributed by atoms with Gasteiger partial charge in [-0.05, 0) is 118 Å². The summed E-state index contributed by atoms with van der Waals surface area (Å²) in [6.45, 7) is 10.4. The molecule has 5 nitrogen and oxygen atoms in total. The Bertz CT molecular complexity index is 474. The molecule has 0 aromatic heterocycles. The summed E-state index contributed by atoms with van der Waals surface area (Å²) in [5.74, 6) is 0. The highest BCUT2D eigenvalue weighted by molar-refractivity contribution is 4.79. The van der Waals surface area contributed by atoms with Gasteiger partial charge in [0.1, 0.15) is 0 Å². The molecule has 37 heavy (non-hydrogen) atoms. The molecule has 3 N–H and O–H groups in total. The molecule has 5 heteroatoms. The average Bonchev–Trinajstić information content (AvgIpc) is 2.89. The molecule has 1 aliphatic heterocycles. The highest BCUT2D eigenvalue weighted by atomic mass is 15.1. The van der Waals surface area contributed by atoms with E-state index in [-0.39, 0.29) is 0 Å². The summed E-state index contributed by atoms with van der Waals surface area (Å²) < 4.78 is 0. The summed E-state index contributed by atoms with van der Waals surface area (Å²) >= 11 is 0. The van der Waals surface area contributed by atoms with E-state index in [2.05, 4.69) is 48.1 Å². The van der Waals surface area contributed by atoms with Gasteiger partial charge in [0.25, 0.3) is 0 Å². The second-order valence-corrected chi connectivity index (χ2v) is 12.3. The Labute approximate surface area is 233 Å². The van der Waals surface area contributed by atoms with Crippen LogP contribution in [0.4, 0.5) is 0 Å². The molecule has 0 radical (unpaired) electrons. The minimum atomic E-state index is 0.604. The molecule has 1 heterocycles. The molecule has 2 unspecified atom stereocenters. The number of nitrogens with zero attached hydrogens (tertiary/aromatic N) is 3. The van der Waals surface area contributed by atoms with Crippen molar-refractivity contribution in [2.45, 2.75) is 141 Å². The molecule has 1 saturated heterocycles. The smallest absolute Gasteiger partial charge is 0.0107 e. The lowest BCUT2D eigenvalue weighted by atomic mass is 9.96. The first-order valence-electron chi connectivity index (χ1n) is 16.6. The molecular formula is C32H69N5. The molecule has 2 atom stereocenters. The minimum absolute atomic E-state index is 0.604. The highest BCUT2D eigenvalue weighted by Crippen LogP contribution is 2.19. The molecule has 1 fully saturated rings. The average molecular weight is 524 g/mol. The fraction of sp³-hybridized carbons (Fsp3) is 1.00. The van der Waals surface area contributed by atoms with Crippen molar-refractivity contribution in [1.82, 2.24) is 20.0 Å². The molecule has 0 saturated carbocycles. The fourth-order valence-electron chi connectivity index (χ4n) is 5.97. The van der Waals surface area contributed by atoms with Gasteiger partial charge in [-0.3, -0.25) is 0 Å². The molecule has 1 aliphatic rings. The first-order chi connectivity index (χ1) is 18.1. The number of nitrogens with two attached hydrogens (primary N) is 1. The van der Waals surface area contributed by atoms with Crippen molar-refractivity contribution < 1.29 is 0 Å². The Hall–Kier alpha value is -0.200. The van der Waals surface area contributed by atoms with Gasteiger partial charge in [0.15, 0.2) is 0 Å². The van der Waals surface area contributed by atoms with E-state index >= 15 is 0 Å². The van der Waals surface area contributed by atoms with E-state index in [0.717, 1.165) is 19.5 Å². The first-order valence-corrected chi connectivity index (χ1v) is 16.6. The molecule has 0 aromatic carbocycles. The van der Waals surface area contributed by atoms with Gasteiger partial charge in [-0.15, -0.1) is 0 Å². The number of hydrogen-bond donors (Lipinski definition) is 2. The number of nitrogens with one attached hydrogen (secondary N) is 1. The van der Waals surface area contributed by atoms with E-state index in [1.54, 1.807) is 0 Å². The molecule has 1 rings (SSSR count). The van der Waals surface area contributed by atoms with Gasteiger partial charge in [0.05, 0.1) is 0 Å². The van der Waals surface area contributed by atoms with Crippen molar-refractivity contribution in [3.05, 3.63) is 0 Å². The molecule has 0 aromatic rings. The standard InChI is InChI=1S/C32H69N5/c1-5-6-7-8-9-10-11-12-13-14-15-22-32-30-31(21-18-23-33)34-24-19-27-35(2)25-16-17-26-36(3)28-20-29-37(32)4/h31-32,34H,5-30,33H2,1-4H3. The van der Waals surface area contributed by atoms with Crippen molar-refractivity contribution in [3.63, 3.8) is 0 Å². The third-order valence-corrected chi connectivity index (χ3v) is 8.61. The summed E-state index contributed by atoms with van der Waals surface area (Å²) in [6, 6.07) is 1.30. The first kappa shape index (κ1) is 34.8. The maximum atomic E-state index is 5.92. The summed E-state index contributed by atoms with van der Waals surface area (Å²) in [5.41, 5.74) is 5.92. The lowest BCUT2D eigenvalue weighted by molar-refractivity contribution is 0.183. The fourth-order valence-corrected chi connectivity index (χ4v) is 5.97. The molecule has 0 amide bonds. The van der Waals surface area contributed by atoms with Crippen LogP contribution in [0.15, 0.2) is 0 Å². The zero-order chi connectivity index (χ0) is 27.0. The van der Waals surface area contributed by atoms with Gasteiger partial charge in [0.2, 0.25) is 0 Å². The summed E-state index contributed by atoms with van der Waals surface area (Å²) in [5, 5.41) is 3.95. The van der Waals surface area contributed by atoms with Gasteiger partial charge in [-0.25, -0.2) is 0 Å². The number of hydrogen-bond acceptors (Lipinski definition) is 5. The number of rotatable bonds is 15. The number of unbranched alkanes of at least 4 members (excludes halogenated alkanes) is 10. The predicted molar refractivity (Wildman–Crippen MR) is 166 cm³/mol. The zero-order valence-corrected chi connectivity index (χ0v) is 26.0. The van der Waals surface area contributed by atoms with E-state index in [9.17, 15) is 0 Å². The van der Waals surface area contributed by atoms with E-state index in [1.807, 2.05) is 0 Å². The highest BCUT2D eigenvalue weighted by Gasteiger charge is 2.20. The maximum absolute atomic E-state index is 5.92. The van der Waals surface area contributed by atoms with Crippen LogP contribution in [0.2, 0.25) is 0 Å². The van der Waals surface area contributed by atoms with Crippen LogP contribution in [0.5, 0.6) is 0 Å². The third kappa shape index (κ3) is 20.4. The summed E-state index contributed by atoms with van der Waals surface area (Å²) in [4.78, 5) is 7.78. The monoisotopic (exact) mass is 524 g/mol. The Morgan fingerprint density at radius 3 is 1.76 bits per heavy atom. The van der Waals surface area contributed by atoms with E-state index < -0.39 is 0 Å². The van der Waals surface area contributed by atoms with Crippen molar-refractivity contribution in [2.24, 2.45) is 5.73 Å². The minimum Gasteiger partial charge on any atom is -0.330 e. The van der Waals surface area contributed by atoms with Gasteiger partial charge >= 0.3 is 0 Å². The van der Waals surface area contributed by atoms with Crippen LogP contribution in [0.25, 0.3) is 0 Å². The zero-order valence-electron chi connectivity index (χ0n) is 26.0. The summed E-state index contributed by atoms with van der Waals surface area (Å²) in [6.07, 6.45) is 25.8. The maximum Gasteiger partial charge on any atom is 0.0107 e. The van der Waals surface area contributed by atoms with Crippen LogP contribution in [0.1, 0.15) is 129 Å². The molecule has 222 valence electrons. The van der Waals surface area contributed by atoms with Crippen molar-refractivity contribution in [2.75, 3.05) is 67.0 Å². The SMILES string of the molecule is CCCCCCCCCCCCCC1CC(CCCN)NCCCN(C)CCCCN(C)CCCN1C. The second-order valence-electron chi connectivity index (χ2n) is 12.3. The third-order valence-electron chi connectivity index (χ3n) is 8.61. The van der Waals surface area contributed by atoms with Crippen molar-refractivity contribution in [1.29, 1.82) is 0 Å². The topological polar surface area (TPSA) is 47.8 Å². The van der Waals surface area contributed by atoms with Gasteiger partial charge < -0.3 is 25.8 Å². The Balaban J connectivity index is 2.52. The lowest BCUT2D eigenvalue weighted by Gasteiger charge is -2.32. The van der Waals surface area contributed by atoms with E-state index in [1.165, 1.54) is 148 Å². The van der Waals surface area contributed by atoms with E-state index in [4.69, 9.17) is 5.73 Å². The van der Waals surface area contributed by atoms with Crippen LogP contribution < -0.4 is 11.1 Å². The second kappa shape index (κ2) is 24.8. The Kier molecular flexibility index (Phi) is 23.4. The normalized spacial score (nSPS) is 23.3. The van der Waals surface area contributed by atoms with Gasteiger partial charge in [0, 0.05) is 12.1 Å². The van der Waals surface area contributed by atoms with Crippen molar-refractivity contribution in [3.8, 4) is 0 Å². The predicted octanol–water partition coefficient (Wildman–Crippen LogP) is 6.51. The van der Waals surface area contributed by atoms with Crippen LogP contribution in [-0.2, 0) is 0 Å². The van der Waals surface area contributed by atoms with E-state index in [0.29, 0.717) is 12.1 Å². The molecule has 0 spiro atoms. The Morgan fingerprint density at radius 1 is 0.622 bits per heavy atom. The van der Waals surface area contributed by atoms with Gasteiger partial charge in [-0.1, -0.05) is 77.6 Å². The van der Waals surface area contributed by atoms with Crippen LogP contribution in [0.3, 0.4) is 0 Å². The van der Waals surface area contributed by atoms with Crippen LogP contribution >= 0.6 is 0 Å². The largest absolute Gasteiger partial charge is 0.330 e. The lowest BCUT2D eigenvalue weighted by Crippen LogP contribution is -2.41. The summed E-state index contributed by atoms with van der Waals surface area (Å²) in [7, 11) is 7.00. The van der Waals surface area contributed by atoms with Crippen LogP contribution in [-0.4, -0.2) is 93.7 Å². The molecule has 0 aliphatic carbocycles.